The predicted octanol–water partition coefficient (Wildman–Crippen LogP) is 0.968. The van der Waals surface area contributed by atoms with Crippen molar-refractivity contribution in [3.05, 3.63) is 23.9 Å². The number of hydrogen-bond acceptors (Lipinski definition) is 3. The van der Waals surface area contributed by atoms with Crippen molar-refractivity contribution in [2.75, 3.05) is 5.73 Å². The van der Waals surface area contributed by atoms with Gasteiger partial charge >= 0.3 is 0 Å². The van der Waals surface area contributed by atoms with E-state index in [0.717, 1.165) is 17.2 Å². The van der Waals surface area contributed by atoms with Crippen molar-refractivity contribution in [3.8, 4) is 0 Å². The summed E-state index contributed by atoms with van der Waals surface area (Å²) in [5.74, 6) is 0. The molecule has 0 aliphatic rings. The Morgan fingerprint density at radius 3 is 3.00 bits per heavy atom. The molecule has 13 heavy (non-hydrogen) atoms. The normalized spacial score (nSPS) is 10.5. The lowest BCUT2D eigenvalue weighted by atomic mass is 10.1. The third-order valence-corrected chi connectivity index (χ3v) is 2.08. The Labute approximate surface area is 75.0 Å². The predicted molar refractivity (Wildman–Crippen MR) is 50.5 cm³/mol. The molecule has 2 rings (SSSR count). The number of hydrogen-bond donors (Lipinski definition) is 1. The molecular formula is C9H9N3O. The van der Waals surface area contributed by atoms with Crippen LogP contribution in [0.2, 0.25) is 0 Å². The number of fused-ring (bicyclic) bond motifs is 1. The highest BCUT2D eigenvalue weighted by molar-refractivity contribution is 5.93. The molecule has 0 unspecified atom stereocenters. The van der Waals surface area contributed by atoms with E-state index >= 15 is 0 Å². The van der Waals surface area contributed by atoms with Crippen LogP contribution >= 0.6 is 0 Å². The molecule has 0 fully saturated rings. The summed E-state index contributed by atoms with van der Waals surface area (Å²) in [6.07, 6.45) is 2.46. The van der Waals surface area contributed by atoms with Crippen LogP contribution in [0.1, 0.15) is 10.4 Å². The van der Waals surface area contributed by atoms with Gasteiger partial charge in [-0.3, -0.25) is 9.48 Å². The Balaban J connectivity index is 2.83. The molecule has 66 valence electrons. The molecule has 1 aromatic heterocycles. The van der Waals surface area contributed by atoms with Gasteiger partial charge in [-0.05, 0) is 12.1 Å². The number of nitrogens with two attached hydrogens (primary N) is 1. The molecule has 2 N–H and O–H groups in total. The molecule has 1 aromatic carbocycles. The molecule has 0 spiro atoms. The first-order valence-corrected chi connectivity index (χ1v) is 3.89. The smallest absolute Gasteiger partial charge is 0.152 e. The summed E-state index contributed by atoms with van der Waals surface area (Å²) >= 11 is 0. The van der Waals surface area contributed by atoms with Crippen LogP contribution in [0.25, 0.3) is 10.9 Å². The van der Waals surface area contributed by atoms with E-state index in [9.17, 15) is 4.79 Å². The Bertz CT molecular complexity index is 473. The first kappa shape index (κ1) is 7.79. The van der Waals surface area contributed by atoms with Crippen LogP contribution in [0.5, 0.6) is 0 Å². The van der Waals surface area contributed by atoms with Crippen molar-refractivity contribution in [1.82, 2.24) is 9.78 Å². The zero-order valence-electron chi connectivity index (χ0n) is 7.19. The van der Waals surface area contributed by atoms with Gasteiger partial charge in [-0.15, -0.1) is 0 Å². The molecule has 0 aliphatic heterocycles. The van der Waals surface area contributed by atoms with Crippen LogP contribution in [-0.2, 0) is 7.05 Å². The lowest BCUT2D eigenvalue weighted by Crippen LogP contribution is -1.94. The molecule has 0 saturated heterocycles. The van der Waals surface area contributed by atoms with E-state index in [-0.39, 0.29) is 0 Å². The largest absolute Gasteiger partial charge is 0.398 e. The number of benzene rings is 1. The maximum Gasteiger partial charge on any atom is 0.152 e. The lowest BCUT2D eigenvalue weighted by molar-refractivity contribution is 0.112. The minimum Gasteiger partial charge on any atom is -0.398 e. The van der Waals surface area contributed by atoms with Gasteiger partial charge in [-0.25, -0.2) is 0 Å². The van der Waals surface area contributed by atoms with Crippen LogP contribution in [0.3, 0.4) is 0 Å². The standard InChI is InChI=1S/C9H9N3O/c1-12-9-3-8(10)7(5-13)2-6(9)4-11-12/h2-5H,10H2,1H3. The SMILES string of the molecule is Cn1ncc2cc(C=O)c(N)cc21. The zero-order valence-corrected chi connectivity index (χ0v) is 7.19. The van der Waals surface area contributed by atoms with Gasteiger partial charge in [0.2, 0.25) is 0 Å². The van der Waals surface area contributed by atoms with Gasteiger partial charge in [-0.2, -0.15) is 5.10 Å². The van der Waals surface area contributed by atoms with E-state index in [0.29, 0.717) is 11.3 Å². The fourth-order valence-electron chi connectivity index (χ4n) is 1.34. The van der Waals surface area contributed by atoms with Gasteiger partial charge in [0.15, 0.2) is 6.29 Å². The van der Waals surface area contributed by atoms with E-state index in [2.05, 4.69) is 5.10 Å². The number of carbonyl (C=O) groups excluding carboxylic acids is 1. The Morgan fingerprint density at radius 2 is 2.31 bits per heavy atom. The highest BCUT2D eigenvalue weighted by Gasteiger charge is 2.03. The number of aromatic nitrogens is 2. The average molecular weight is 175 g/mol. The second-order valence-corrected chi connectivity index (χ2v) is 2.93. The van der Waals surface area contributed by atoms with Gasteiger partial charge < -0.3 is 5.73 Å². The van der Waals surface area contributed by atoms with E-state index in [4.69, 9.17) is 5.73 Å². The molecule has 4 heteroatoms. The fourth-order valence-corrected chi connectivity index (χ4v) is 1.34. The summed E-state index contributed by atoms with van der Waals surface area (Å²) in [6.45, 7) is 0. The molecule has 0 radical (unpaired) electrons. The van der Waals surface area contributed by atoms with E-state index in [1.807, 2.05) is 7.05 Å². The number of aldehydes is 1. The van der Waals surface area contributed by atoms with Crippen LogP contribution in [-0.4, -0.2) is 16.1 Å². The summed E-state index contributed by atoms with van der Waals surface area (Å²) in [4.78, 5) is 10.6. The van der Waals surface area contributed by atoms with Gasteiger partial charge in [0.05, 0.1) is 11.7 Å². The summed E-state index contributed by atoms with van der Waals surface area (Å²) in [6, 6.07) is 3.50. The minimum atomic E-state index is 0.492. The molecule has 0 saturated carbocycles. The van der Waals surface area contributed by atoms with Crippen LogP contribution in [0, 0.1) is 0 Å². The van der Waals surface area contributed by atoms with Crippen molar-refractivity contribution in [3.63, 3.8) is 0 Å². The van der Waals surface area contributed by atoms with Gasteiger partial charge in [-0.1, -0.05) is 0 Å². The quantitative estimate of drug-likeness (QED) is 0.519. The molecule has 1 heterocycles. The highest BCUT2D eigenvalue weighted by atomic mass is 16.1. The second-order valence-electron chi connectivity index (χ2n) is 2.93. The summed E-state index contributed by atoms with van der Waals surface area (Å²) < 4.78 is 1.72. The van der Waals surface area contributed by atoms with Crippen molar-refractivity contribution >= 4 is 22.9 Å². The number of anilines is 1. The minimum absolute atomic E-state index is 0.492. The van der Waals surface area contributed by atoms with E-state index < -0.39 is 0 Å². The fraction of sp³-hybridized carbons (Fsp3) is 0.111. The monoisotopic (exact) mass is 175 g/mol. The van der Waals surface area contributed by atoms with Crippen molar-refractivity contribution < 1.29 is 4.79 Å². The van der Waals surface area contributed by atoms with Crippen molar-refractivity contribution in [1.29, 1.82) is 0 Å². The number of rotatable bonds is 1. The Morgan fingerprint density at radius 1 is 1.54 bits per heavy atom. The van der Waals surface area contributed by atoms with Gasteiger partial charge in [0.1, 0.15) is 0 Å². The van der Waals surface area contributed by atoms with Crippen molar-refractivity contribution in [2.45, 2.75) is 0 Å². The van der Waals surface area contributed by atoms with Crippen LogP contribution in [0.4, 0.5) is 5.69 Å². The van der Waals surface area contributed by atoms with Crippen LogP contribution < -0.4 is 5.73 Å². The first-order chi connectivity index (χ1) is 6.22. The molecular weight excluding hydrogens is 166 g/mol. The maximum absolute atomic E-state index is 10.6. The molecule has 0 amide bonds. The van der Waals surface area contributed by atoms with E-state index in [1.165, 1.54) is 0 Å². The van der Waals surface area contributed by atoms with Crippen LogP contribution in [0.15, 0.2) is 18.3 Å². The highest BCUT2D eigenvalue weighted by Crippen LogP contribution is 2.19. The topological polar surface area (TPSA) is 60.9 Å². The molecule has 2 aromatic rings. The third-order valence-electron chi connectivity index (χ3n) is 2.08. The molecule has 0 atom stereocenters. The van der Waals surface area contributed by atoms with Gasteiger partial charge in [0, 0.05) is 23.7 Å². The number of aryl methyl sites for hydroxylation is 1. The molecule has 4 nitrogen and oxygen atoms in total. The Hall–Kier alpha value is -1.84. The lowest BCUT2D eigenvalue weighted by Gasteiger charge is -1.99. The second kappa shape index (κ2) is 2.58. The molecule has 0 aliphatic carbocycles. The third kappa shape index (κ3) is 1.07. The summed E-state index contributed by atoms with van der Waals surface area (Å²) in [5, 5.41) is 4.99. The van der Waals surface area contributed by atoms with Gasteiger partial charge in [0.25, 0.3) is 0 Å². The number of nitrogens with zero attached hydrogens (tertiary/aromatic N) is 2. The maximum atomic E-state index is 10.6. The number of nitrogen functional groups attached to an aromatic ring is 1. The first-order valence-electron chi connectivity index (χ1n) is 3.89. The van der Waals surface area contributed by atoms with E-state index in [1.54, 1.807) is 23.0 Å². The average Bonchev–Trinajstić information content (AvgIpc) is 2.47. The Kier molecular flexibility index (Phi) is 1.55. The number of carbonyl (C=O) groups is 1. The van der Waals surface area contributed by atoms with Crippen molar-refractivity contribution in [2.24, 2.45) is 7.05 Å². The zero-order chi connectivity index (χ0) is 9.42. The summed E-state index contributed by atoms with van der Waals surface area (Å²) in [7, 11) is 1.84. The summed E-state index contributed by atoms with van der Waals surface area (Å²) in [5.41, 5.74) is 7.59. The molecule has 0 bridgehead atoms.